The predicted molar refractivity (Wildman–Crippen MR) is 103 cm³/mol. The number of rotatable bonds is 9. The highest BCUT2D eigenvalue weighted by Crippen LogP contribution is 2.30. The number of carbonyl (C=O) groups excluding carboxylic acids is 2. The molecule has 2 amide bonds. The summed E-state index contributed by atoms with van der Waals surface area (Å²) in [5, 5.41) is 5.00. The third-order valence-corrected chi connectivity index (χ3v) is 3.86. The van der Waals surface area contributed by atoms with Gasteiger partial charge in [-0.15, -0.1) is 0 Å². The molecule has 0 saturated carbocycles. The van der Waals surface area contributed by atoms with E-state index in [1.165, 1.54) is 7.11 Å². The molecule has 1 rings (SSSR count). The van der Waals surface area contributed by atoms with E-state index in [0.29, 0.717) is 29.6 Å². The lowest BCUT2D eigenvalue weighted by Gasteiger charge is -2.23. The number of ether oxygens (including phenoxy) is 2. The molecule has 0 aromatic heterocycles. The molecule has 1 aromatic rings. The van der Waals surface area contributed by atoms with Crippen molar-refractivity contribution in [2.24, 2.45) is 5.92 Å². The first-order valence-corrected chi connectivity index (χ1v) is 9.38. The Morgan fingerprint density at radius 3 is 1.96 bits per heavy atom. The second-order valence-corrected chi connectivity index (χ2v) is 7.86. The largest absolute Gasteiger partial charge is 0.493 e. The van der Waals surface area contributed by atoms with E-state index >= 15 is 0 Å². The Bertz CT molecular complexity index is 604. The molecule has 0 unspecified atom stereocenters. The highest BCUT2D eigenvalue weighted by Gasteiger charge is 2.24. The Labute approximate surface area is 172 Å². The lowest BCUT2D eigenvalue weighted by molar-refractivity contribution is -0.122. The zero-order valence-corrected chi connectivity index (χ0v) is 17.4. The van der Waals surface area contributed by atoms with E-state index in [9.17, 15) is 9.59 Å². The van der Waals surface area contributed by atoms with Crippen LogP contribution in [0, 0.1) is 5.92 Å². The number of carbonyl (C=O) groups is 2. The topological polar surface area (TPSA) is 76.7 Å². The summed E-state index contributed by atoms with van der Waals surface area (Å²) in [6.07, 6.45) is -0.970. The van der Waals surface area contributed by atoms with Gasteiger partial charge in [-0.2, -0.15) is 0 Å². The van der Waals surface area contributed by atoms with Gasteiger partial charge in [0.05, 0.1) is 13.7 Å². The zero-order valence-electron chi connectivity index (χ0n) is 14.4. The van der Waals surface area contributed by atoms with E-state index < -0.39 is 27.7 Å². The molecule has 10 heteroatoms. The van der Waals surface area contributed by atoms with E-state index in [2.05, 4.69) is 10.6 Å². The maximum absolute atomic E-state index is 11.9. The first kappa shape index (κ1) is 23.0. The summed E-state index contributed by atoms with van der Waals surface area (Å²) in [5.41, 5.74) is 0.495. The molecule has 0 aliphatic carbocycles. The molecule has 0 atom stereocenters. The maximum Gasteiger partial charge on any atom is 0.255 e. The molecule has 0 radical (unpaired) electrons. The third-order valence-electron chi connectivity index (χ3n) is 3.06. The fourth-order valence-corrected chi connectivity index (χ4v) is 2.11. The Kier molecular flexibility index (Phi) is 9.64. The van der Waals surface area contributed by atoms with Crippen LogP contribution in [-0.2, 0) is 9.59 Å². The summed E-state index contributed by atoms with van der Waals surface area (Å²) in [5.74, 6) is -0.139. The van der Waals surface area contributed by atoms with Gasteiger partial charge in [-0.3, -0.25) is 9.59 Å². The molecule has 6 nitrogen and oxygen atoms in total. The molecule has 0 spiro atoms. The number of halogens is 4. The number of hydrogen-bond acceptors (Lipinski definition) is 4. The minimum atomic E-state index is -1.31. The summed E-state index contributed by atoms with van der Waals surface area (Å²) in [7, 11) is 1.51. The smallest absolute Gasteiger partial charge is 0.255 e. The van der Waals surface area contributed by atoms with Crippen LogP contribution in [0.5, 0.6) is 11.5 Å². The Hall–Kier alpha value is -1.08. The average Bonchev–Trinajstić information content (AvgIpc) is 2.58. The van der Waals surface area contributed by atoms with Crippen LogP contribution in [0.1, 0.15) is 25.6 Å². The van der Waals surface area contributed by atoms with Crippen LogP contribution in [0.3, 0.4) is 0 Å². The summed E-state index contributed by atoms with van der Waals surface area (Å²) >= 11 is 22.3. The van der Waals surface area contributed by atoms with Crippen LogP contribution in [0.4, 0.5) is 0 Å². The van der Waals surface area contributed by atoms with Gasteiger partial charge in [0.25, 0.3) is 11.8 Å². The van der Waals surface area contributed by atoms with Crippen molar-refractivity contribution in [2.75, 3.05) is 13.7 Å². The molecule has 1 aromatic carbocycles. The number of benzene rings is 1. The number of nitrogens with one attached hydrogen (secondary N) is 2. The van der Waals surface area contributed by atoms with Crippen LogP contribution in [0.15, 0.2) is 18.2 Å². The number of alkyl halides is 4. The van der Waals surface area contributed by atoms with Crippen molar-refractivity contribution < 1.29 is 19.1 Å². The second-order valence-electron chi connectivity index (χ2n) is 5.67. The first-order valence-electron chi connectivity index (χ1n) is 7.63. The van der Waals surface area contributed by atoms with Gasteiger partial charge in [0.2, 0.25) is 0 Å². The third kappa shape index (κ3) is 7.27. The molecule has 0 saturated heterocycles. The molecule has 2 N–H and O–H groups in total. The van der Waals surface area contributed by atoms with Crippen LogP contribution in [0.25, 0.3) is 0 Å². The maximum atomic E-state index is 11.9. The van der Waals surface area contributed by atoms with Gasteiger partial charge < -0.3 is 20.1 Å². The zero-order chi connectivity index (χ0) is 19.9. The van der Waals surface area contributed by atoms with Crippen molar-refractivity contribution in [1.29, 1.82) is 0 Å². The molecule has 0 fully saturated rings. The predicted octanol–water partition coefficient (Wildman–Crippen LogP) is 3.57. The number of methoxy groups -OCH3 is 1. The first-order chi connectivity index (χ1) is 12.1. The van der Waals surface area contributed by atoms with Crippen molar-refractivity contribution in [2.45, 2.75) is 29.7 Å². The Morgan fingerprint density at radius 2 is 1.54 bits per heavy atom. The minimum Gasteiger partial charge on any atom is -0.493 e. The Morgan fingerprint density at radius 1 is 1.00 bits per heavy atom. The quantitative estimate of drug-likeness (QED) is 0.450. The molecular formula is C16H20Cl4N2O4. The van der Waals surface area contributed by atoms with Crippen LogP contribution >= 0.6 is 46.4 Å². The van der Waals surface area contributed by atoms with Gasteiger partial charge in [-0.1, -0.05) is 66.3 Å². The summed E-state index contributed by atoms with van der Waals surface area (Å²) in [6.45, 7) is 4.46. The van der Waals surface area contributed by atoms with Crippen molar-refractivity contribution >= 4 is 58.2 Å². The number of amides is 2. The lowest BCUT2D eigenvalue weighted by Crippen LogP contribution is -2.44. The molecule has 0 bridgehead atoms. The van der Waals surface area contributed by atoms with Crippen molar-refractivity contribution in [1.82, 2.24) is 10.6 Å². The van der Waals surface area contributed by atoms with Crippen LogP contribution < -0.4 is 20.1 Å². The highest BCUT2D eigenvalue weighted by atomic mass is 35.5. The fourth-order valence-electron chi connectivity index (χ4n) is 1.86. The van der Waals surface area contributed by atoms with E-state index in [4.69, 9.17) is 55.9 Å². The van der Waals surface area contributed by atoms with Gasteiger partial charge in [0, 0.05) is 0 Å². The van der Waals surface area contributed by atoms with Gasteiger partial charge in [0.1, 0.15) is 6.17 Å². The van der Waals surface area contributed by atoms with Crippen LogP contribution in [0.2, 0.25) is 0 Å². The van der Waals surface area contributed by atoms with Crippen LogP contribution in [-0.4, -0.2) is 35.2 Å². The van der Waals surface area contributed by atoms with Crippen molar-refractivity contribution in [3.8, 4) is 11.5 Å². The summed E-state index contributed by atoms with van der Waals surface area (Å²) in [4.78, 5) is 21.1. The van der Waals surface area contributed by atoms with Gasteiger partial charge in [-0.05, 0) is 23.6 Å². The van der Waals surface area contributed by atoms with Crippen molar-refractivity contribution in [3.63, 3.8) is 0 Å². The molecule has 0 aliphatic heterocycles. The lowest BCUT2D eigenvalue weighted by atomic mass is 10.1. The standard InChI is InChI=1S/C16H20Cl4N2O4/c1-8(2)7-26-11-6-9(4-5-10(11)25-3)14(21-15(23)12(17)18)22-16(24)13(19)20/h4-6,8,12-14H,7H2,1-3H3,(H,21,23)(H,22,24). The molecule has 0 heterocycles. The molecule has 26 heavy (non-hydrogen) atoms. The van der Waals surface area contributed by atoms with Crippen molar-refractivity contribution in [3.05, 3.63) is 23.8 Å². The molecule has 0 aliphatic rings. The summed E-state index contributed by atoms with van der Waals surface area (Å²) in [6, 6.07) is 4.91. The second kappa shape index (κ2) is 10.9. The van der Waals surface area contributed by atoms with E-state index in [-0.39, 0.29) is 0 Å². The summed E-state index contributed by atoms with van der Waals surface area (Å²) < 4.78 is 11.0. The molecule has 146 valence electrons. The monoisotopic (exact) mass is 444 g/mol. The molecular weight excluding hydrogens is 426 g/mol. The normalized spacial score (nSPS) is 11.2. The van der Waals surface area contributed by atoms with Gasteiger partial charge >= 0.3 is 0 Å². The highest BCUT2D eigenvalue weighted by molar-refractivity contribution is 6.54. The van der Waals surface area contributed by atoms with Gasteiger partial charge in [-0.25, -0.2) is 0 Å². The van der Waals surface area contributed by atoms with E-state index in [1.807, 2.05) is 13.8 Å². The Balaban J connectivity index is 3.15. The van der Waals surface area contributed by atoms with Gasteiger partial charge in [0.15, 0.2) is 21.2 Å². The average molecular weight is 446 g/mol. The SMILES string of the molecule is COc1ccc(C(NC(=O)C(Cl)Cl)NC(=O)C(Cl)Cl)cc1OCC(C)C. The number of hydrogen-bond donors (Lipinski definition) is 2. The van der Waals surface area contributed by atoms with E-state index in [0.717, 1.165) is 0 Å². The fraction of sp³-hybridized carbons (Fsp3) is 0.500. The minimum absolute atomic E-state index is 0.292. The van der Waals surface area contributed by atoms with E-state index in [1.54, 1.807) is 18.2 Å².